The highest BCUT2D eigenvalue weighted by atomic mass is 32.2. The average molecular weight is 310 g/mol. The first kappa shape index (κ1) is 16.5. The van der Waals surface area contributed by atoms with Crippen molar-refractivity contribution < 1.29 is 8.42 Å². The fraction of sp³-hybridized carbons (Fsp3) is 0.625. The second kappa shape index (κ2) is 6.90. The van der Waals surface area contributed by atoms with Crippen molar-refractivity contribution in [2.75, 3.05) is 13.6 Å². The molecule has 1 aromatic carbocycles. The van der Waals surface area contributed by atoms with Gasteiger partial charge in [-0.05, 0) is 64.4 Å². The maximum Gasteiger partial charge on any atom is 0.243 e. The van der Waals surface area contributed by atoms with Gasteiger partial charge in [0, 0.05) is 12.1 Å². The summed E-state index contributed by atoms with van der Waals surface area (Å²) in [6.07, 6.45) is 3.91. The van der Waals surface area contributed by atoms with Gasteiger partial charge in [-0.2, -0.15) is 4.31 Å². The molecule has 0 bridgehead atoms. The Morgan fingerprint density at radius 2 is 1.71 bits per heavy atom. The molecule has 1 saturated heterocycles. The van der Waals surface area contributed by atoms with Crippen LogP contribution in [0.5, 0.6) is 0 Å². The lowest BCUT2D eigenvalue weighted by atomic mass is 10.0. The van der Waals surface area contributed by atoms with Crippen molar-refractivity contribution in [3.63, 3.8) is 0 Å². The molecule has 5 heteroatoms. The normalized spacial score (nSPS) is 24.1. The van der Waals surface area contributed by atoms with Crippen LogP contribution in [0.15, 0.2) is 29.2 Å². The minimum absolute atomic E-state index is 0.0858. The van der Waals surface area contributed by atoms with Crippen molar-refractivity contribution >= 4 is 10.0 Å². The van der Waals surface area contributed by atoms with E-state index >= 15 is 0 Å². The van der Waals surface area contributed by atoms with Crippen molar-refractivity contribution in [1.29, 1.82) is 0 Å². The van der Waals surface area contributed by atoms with Crippen molar-refractivity contribution in [2.45, 2.75) is 56.5 Å². The summed E-state index contributed by atoms with van der Waals surface area (Å²) in [6.45, 7) is 4.91. The number of sulfonamides is 1. The highest BCUT2D eigenvalue weighted by molar-refractivity contribution is 7.89. The van der Waals surface area contributed by atoms with E-state index < -0.39 is 10.0 Å². The van der Waals surface area contributed by atoms with Gasteiger partial charge in [-0.15, -0.1) is 0 Å². The van der Waals surface area contributed by atoms with Gasteiger partial charge >= 0.3 is 0 Å². The van der Waals surface area contributed by atoms with Crippen molar-refractivity contribution in [2.24, 2.45) is 0 Å². The van der Waals surface area contributed by atoms with Crippen LogP contribution in [0.2, 0.25) is 0 Å². The summed E-state index contributed by atoms with van der Waals surface area (Å²) in [5.41, 5.74) is 1.16. The summed E-state index contributed by atoms with van der Waals surface area (Å²) in [4.78, 5) is 0.413. The molecule has 0 aromatic heterocycles. The molecule has 1 N–H and O–H groups in total. The zero-order valence-electron chi connectivity index (χ0n) is 13.2. The number of rotatable bonds is 5. The molecule has 1 aliphatic heterocycles. The van der Waals surface area contributed by atoms with Gasteiger partial charge in [0.1, 0.15) is 0 Å². The third kappa shape index (κ3) is 3.65. The molecule has 1 heterocycles. The maximum atomic E-state index is 12.8. The molecule has 0 spiro atoms. The van der Waals surface area contributed by atoms with Gasteiger partial charge in [0.05, 0.1) is 4.90 Å². The third-order valence-corrected chi connectivity index (χ3v) is 6.42. The molecule has 1 fully saturated rings. The van der Waals surface area contributed by atoms with Crippen LogP contribution in [0.3, 0.4) is 0 Å². The minimum Gasteiger partial charge on any atom is -0.319 e. The smallest absolute Gasteiger partial charge is 0.243 e. The molecule has 0 amide bonds. The van der Waals surface area contributed by atoms with Crippen LogP contribution in [-0.4, -0.2) is 38.4 Å². The Hall–Kier alpha value is -0.910. The fourth-order valence-electron chi connectivity index (χ4n) is 3.09. The number of nitrogens with zero attached hydrogens (tertiary/aromatic N) is 1. The number of hydrogen-bond acceptors (Lipinski definition) is 3. The van der Waals surface area contributed by atoms with E-state index in [4.69, 9.17) is 0 Å². The zero-order chi connectivity index (χ0) is 15.5. The molecule has 2 atom stereocenters. The minimum atomic E-state index is -3.38. The first-order valence-corrected chi connectivity index (χ1v) is 9.18. The first-order valence-electron chi connectivity index (χ1n) is 7.74. The van der Waals surface area contributed by atoms with Gasteiger partial charge in [0.15, 0.2) is 0 Å². The molecule has 0 radical (unpaired) electrons. The van der Waals surface area contributed by atoms with E-state index in [1.54, 1.807) is 16.4 Å². The summed E-state index contributed by atoms with van der Waals surface area (Å²) in [5, 5.41) is 3.10. The molecule has 1 aromatic rings. The molecule has 0 unspecified atom stereocenters. The van der Waals surface area contributed by atoms with Gasteiger partial charge in [-0.25, -0.2) is 8.42 Å². The van der Waals surface area contributed by atoms with E-state index in [-0.39, 0.29) is 12.1 Å². The van der Waals surface area contributed by atoms with E-state index in [0.717, 1.165) is 37.8 Å². The Labute approximate surface area is 128 Å². The number of likely N-dealkylation sites (N-methyl/N-ethyl adjacent to an activating group) is 1. The van der Waals surface area contributed by atoms with Crippen molar-refractivity contribution in [3.8, 4) is 0 Å². The lowest BCUT2D eigenvalue weighted by Gasteiger charge is -2.37. The van der Waals surface area contributed by atoms with Gasteiger partial charge in [0.25, 0.3) is 0 Å². The maximum absolute atomic E-state index is 12.8. The fourth-order valence-corrected chi connectivity index (χ4v) is 4.97. The molecule has 1 aliphatic rings. The van der Waals surface area contributed by atoms with Gasteiger partial charge in [-0.1, -0.05) is 18.6 Å². The molecular formula is C16H26N2O2S. The molecular weight excluding hydrogens is 284 g/mol. The topological polar surface area (TPSA) is 49.4 Å². The van der Waals surface area contributed by atoms with E-state index in [1.165, 1.54) is 0 Å². The molecule has 4 nitrogen and oxygen atoms in total. The first-order chi connectivity index (χ1) is 9.96. The Bertz CT molecular complexity index is 544. The SMILES string of the molecule is CNCCc1ccc(S(=O)(=O)N2[C@H](C)CCC[C@@H]2C)cc1. The van der Waals surface area contributed by atoms with Crippen LogP contribution in [0.4, 0.5) is 0 Å². The molecule has 0 aliphatic carbocycles. The summed E-state index contributed by atoms with van der Waals surface area (Å²) in [5.74, 6) is 0. The Balaban J connectivity index is 2.22. The van der Waals surface area contributed by atoms with Crippen LogP contribution in [0, 0.1) is 0 Å². The number of benzene rings is 1. The van der Waals surface area contributed by atoms with Crippen LogP contribution in [0.1, 0.15) is 38.7 Å². The number of nitrogens with one attached hydrogen (secondary N) is 1. The van der Waals surface area contributed by atoms with Crippen LogP contribution in [0.25, 0.3) is 0 Å². The zero-order valence-corrected chi connectivity index (χ0v) is 14.0. The van der Waals surface area contributed by atoms with Crippen LogP contribution in [-0.2, 0) is 16.4 Å². The lowest BCUT2D eigenvalue weighted by molar-refractivity contribution is 0.204. The summed E-state index contributed by atoms with van der Waals surface area (Å²) >= 11 is 0. The predicted molar refractivity (Wildman–Crippen MR) is 85.9 cm³/mol. The van der Waals surface area contributed by atoms with Gasteiger partial charge < -0.3 is 5.32 Å². The third-order valence-electron chi connectivity index (χ3n) is 4.28. The Morgan fingerprint density at radius 3 is 2.24 bits per heavy atom. The summed E-state index contributed by atoms with van der Waals surface area (Å²) in [6, 6.07) is 7.50. The Kier molecular flexibility index (Phi) is 5.41. The lowest BCUT2D eigenvalue weighted by Crippen LogP contribution is -2.47. The van der Waals surface area contributed by atoms with Crippen molar-refractivity contribution in [1.82, 2.24) is 9.62 Å². The van der Waals surface area contributed by atoms with Crippen LogP contribution < -0.4 is 5.32 Å². The molecule has 21 heavy (non-hydrogen) atoms. The monoisotopic (exact) mass is 310 g/mol. The molecule has 2 rings (SSSR count). The van der Waals surface area contributed by atoms with E-state index in [1.807, 2.05) is 33.0 Å². The summed E-state index contributed by atoms with van der Waals surface area (Å²) in [7, 11) is -1.47. The predicted octanol–water partition coefficient (Wildman–Crippen LogP) is 2.40. The quantitative estimate of drug-likeness (QED) is 0.908. The largest absolute Gasteiger partial charge is 0.319 e. The molecule has 0 saturated carbocycles. The highest BCUT2D eigenvalue weighted by Crippen LogP contribution is 2.29. The van der Waals surface area contributed by atoms with E-state index in [2.05, 4.69) is 5.32 Å². The van der Waals surface area contributed by atoms with E-state index in [0.29, 0.717) is 4.90 Å². The second-order valence-electron chi connectivity index (χ2n) is 5.96. The standard InChI is InChI=1S/C16H26N2O2S/c1-13-5-4-6-14(2)18(13)21(19,20)16-9-7-15(8-10-16)11-12-17-3/h7-10,13-14,17H,4-6,11-12H2,1-3H3/t13-,14+. The summed E-state index contributed by atoms with van der Waals surface area (Å²) < 4.78 is 27.4. The van der Waals surface area contributed by atoms with E-state index in [9.17, 15) is 8.42 Å². The average Bonchev–Trinajstić information content (AvgIpc) is 2.45. The number of piperidine rings is 1. The molecule has 118 valence electrons. The Morgan fingerprint density at radius 1 is 1.14 bits per heavy atom. The second-order valence-corrected chi connectivity index (χ2v) is 7.80. The highest BCUT2D eigenvalue weighted by Gasteiger charge is 2.35. The van der Waals surface area contributed by atoms with Crippen molar-refractivity contribution in [3.05, 3.63) is 29.8 Å². The van der Waals surface area contributed by atoms with Crippen LogP contribution >= 0.6 is 0 Å². The number of hydrogen-bond donors (Lipinski definition) is 1. The van der Waals surface area contributed by atoms with Gasteiger partial charge in [-0.3, -0.25) is 0 Å². The van der Waals surface area contributed by atoms with Gasteiger partial charge in [0.2, 0.25) is 10.0 Å².